The van der Waals surface area contributed by atoms with E-state index in [1.807, 2.05) is 27.7 Å². The first-order valence-electron chi connectivity index (χ1n) is 15.7. The summed E-state index contributed by atoms with van der Waals surface area (Å²) in [4.78, 5) is 50.2. The van der Waals surface area contributed by atoms with E-state index < -0.39 is 29.9 Å². The molecule has 39 heavy (non-hydrogen) atoms. The predicted octanol–water partition coefficient (Wildman–Crippen LogP) is 5.53. The maximum atomic E-state index is 12.9. The first-order chi connectivity index (χ1) is 18.5. The second-order valence-corrected chi connectivity index (χ2v) is 11.5. The highest BCUT2D eigenvalue weighted by Gasteiger charge is 2.30. The van der Waals surface area contributed by atoms with Crippen molar-refractivity contribution in [3.63, 3.8) is 0 Å². The molecule has 0 aliphatic rings. The van der Waals surface area contributed by atoms with Gasteiger partial charge >= 0.3 is 0 Å². The van der Waals surface area contributed by atoms with Gasteiger partial charge < -0.3 is 21.3 Å². The molecule has 228 valence electrons. The number of hydrogen-bond donors (Lipinski definition) is 4. The predicted molar refractivity (Wildman–Crippen MR) is 160 cm³/mol. The van der Waals surface area contributed by atoms with Gasteiger partial charge in [-0.2, -0.15) is 0 Å². The second kappa shape index (κ2) is 22.7. The number of nitrogens with one attached hydrogen (secondary N) is 4. The largest absolute Gasteiger partial charge is 0.352 e. The zero-order valence-electron chi connectivity index (χ0n) is 26.1. The van der Waals surface area contributed by atoms with Crippen LogP contribution in [0.4, 0.5) is 0 Å². The molecule has 0 bridgehead atoms. The molecular weight excluding hydrogens is 492 g/mol. The average Bonchev–Trinajstić information content (AvgIpc) is 2.88. The average molecular weight is 553 g/mol. The monoisotopic (exact) mass is 552 g/mol. The van der Waals surface area contributed by atoms with Gasteiger partial charge in [0.15, 0.2) is 0 Å². The summed E-state index contributed by atoms with van der Waals surface area (Å²) in [5.74, 6) is -1.38. The van der Waals surface area contributed by atoms with Crippen LogP contribution in [-0.4, -0.2) is 47.8 Å². The molecule has 4 amide bonds. The van der Waals surface area contributed by atoms with Crippen molar-refractivity contribution in [1.29, 1.82) is 0 Å². The van der Waals surface area contributed by atoms with Crippen molar-refractivity contribution in [1.82, 2.24) is 21.3 Å². The molecule has 8 heteroatoms. The molecule has 0 rings (SSSR count). The zero-order valence-corrected chi connectivity index (χ0v) is 26.1. The SMILES string of the molecule is CCCCCCCCCCCCCCCC(=O)N[C@@H](C)C(=O)N[C@H](C(=O)N[C@@H](C)C(=O)NC(C)C)[C@@H](C)CC. The van der Waals surface area contributed by atoms with Crippen LogP contribution in [0, 0.1) is 5.92 Å². The molecule has 0 saturated carbocycles. The highest BCUT2D eigenvalue weighted by molar-refractivity contribution is 5.94. The van der Waals surface area contributed by atoms with Gasteiger partial charge in [0.25, 0.3) is 0 Å². The highest BCUT2D eigenvalue weighted by atomic mass is 16.2. The van der Waals surface area contributed by atoms with Crippen LogP contribution in [0.5, 0.6) is 0 Å². The maximum absolute atomic E-state index is 12.9. The molecule has 8 nitrogen and oxygen atoms in total. The molecule has 0 heterocycles. The van der Waals surface area contributed by atoms with Crippen molar-refractivity contribution in [2.45, 2.75) is 169 Å². The summed E-state index contributed by atoms with van der Waals surface area (Å²) in [7, 11) is 0. The fraction of sp³-hybridized carbons (Fsp3) is 0.871. The number of carbonyl (C=O) groups excluding carboxylic acids is 4. The van der Waals surface area contributed by atoms with Gasteiger partial charge in [0.1, 0.15) is 18.1 Å². The Hall–Kier alpha value is -2.12. The summed E-state index contributed by atoms with van der Waals surface area (Å²) in [6.07, 6.45) is 17.3. The molecule has 0 unspecified atom stereocenters. The van der Waals surface area contributed by atoms with Crippen LogP contribution in [0.2, 0.25) is 0 Å². The van der Waals surface area contributed by atoms with E-state index in [-0.39, 0.29) is 23.8 Å². The van der Waals surface area contributed by atoms with E-state index in [1.165, 1.54) is 64.2 Å². The molecule has 0 spiro atoms. The van der Waals surface area contributed by atoms with Crippen molar-refractivity contribution in [2.24, 2.45) is 5.92 Å². The van der Waals surface area contributed by atoms with E-state index in [2.05, 4.69) is 28.2 Å². The maximum Gasteiger partial charge on any atom is 0.243 e. The summed E-state index contributed by atoms with van der Waals surface area (Å²) >= 11 is 0. The van der Waals surface area contributed by atoms with E-state index in [4.69, 9.17) is 0 Å². The minimum atomic E-state index is -0.794. The van der Waals surface area contributed by atoms with Crippen molar-refractivity contribution >= 4 is 23.6 Å². The second-order valence-electron chi connectivity index (χ2n) is 11.5. The quantitative estimate of drug-likeness (QED) is 0.125. The number of rotatable bonds is 23. The van der Waals surface area contributed by atoms with Crippen LogP contribution in [0.15, 0.2) is 0 Å². The third kappa shape index (κ3) is 18.7. The molecule has 4 atom stereocenters. The molecule has 0 radical (unpaired) electrons. The van der Waals surface area contributed by atoms with Gasteiger partial charge in [-0.25, -0.2) is 0 Å². The van der Waals surface area contributed by atoms with Gasteiger partial charge in [-0.1, -0.05) is 104 Å². The molecule has 4 N–H and O–H groups in total. The lowest BCUT2D eigenvalue weighted by Crippen LogP contribution is -2.57. The Bertz CT molecular complexity index is 698. The molecule has 0 aliphatic heterocycles. The van der Waals surface area contributed by atoms with Crippen LogP contribution >= 0.6 is 0 Å². The lowest BCUT2D eigenvalue weighted by molar-refractivity contribution is -0.134. The van der Waals surface area contributed by atoms with Gasteiger partial charge in [-0.15, -0.1) is 0 Å². The number of carbonyl (C=O) groups is 4. The van der Waals surface area contributed by atoms with Crippen molar-refractivity contribution in [3.05, 3.63) is 0 Å². The van der Waals surface area contributed by atoms with Crippen LogP contribution < -0.4 is 21.3 Å². The van der Waals surface area contributed by atoms with Crippen LogP contribution in [0.25, 0.3) is 0 Å². The Labute approximate surface area is 239 Å². The van der Waals surface area contributed by atoms with Crippen LogP contribution in [0.3, 0.4) is 0 Å². The molecule has 0 aromatic rings. The van der Waals surface area contributed by atoms with E-state index >= 15 is 0 Å². The minimum absolute atomic E-state index is 0.0360. The van der Waals surface area contributed by atoms with Crippen LogP contribution in [-0.2, 0) is 19.2 Å². The Balaban J connectivity index is 4.28. The fourth-order valence-corrected chi connectivity index (χ4v) is 4.44. The fourth-order valence-electron chi connectivity index (χ4n) is 4.44. The van der Waals surface area contributed by atoms with E-state index in [0.717, 1.165) is 19.3 Å². The zero-order chi connectivity index (χ0) is 29.6. The van der Waals surface area contributed by atoms with Gasteiger partial charge in [-0.3, -0.25) is 19.2 Å². The Morgan fingerprint density at radius 3 is 1.41 bits per heavy atom. The summed E-state index contributed by atoms with van der Waals surface area (Å²) < 4.78 is 0. The summed E-state index contributed by atoms with van der Waals surface area (Å²) in [6.45, 7) is 13.0. The van der Waals surface area contributed by atoms with Gasteiger partial charge in [0.2, 0.25) is 23.6 Å². The molecule has 0 aliphatic carbocycles. The Morgan fingerprint density at radius 2 is 0.949 bits per heavy atom. The topological polar surface area (TPSA) is 116 Å². The van der Waals surface area contributed by atoms with E-state index in [9.17, 15) is 19.2 Å². The normalized spacial score (nSPS) is 14.3. The minimum Gasteiger partial charge on any atom is -0.352 e. The van der Waals surface area contributed by atoms with Gasteiger partial charge in [0.05, 0.1) is 0 Å². The standard InChI is InChI=1S/C31H60N4O4/c1-8-10-11-12-13-14-15-16-17-18-19-20-21-22-27(36)33-25(6)30(38)35-28(24(5)9-2)31(39)34-26(7)29(37)32-23(3)4/h23-26,28H,8-22H2,1-7H3,(H,32,37)(H,33,36)(H,34,39)(H,35,38)/t24-,25-,26-,28-/m0/s1. The summed E-state index contributed by atoms with van der Waals surface area (Å²) in [6, 6.07) is -2.30. The lowest BCUT2D eigenvalue weighted by atomic mass is 9.97. The molecule has 0 aromatic carbocycles. The number of amides is 4. The van der Waals surface area contributed by atoms with Crippen molar-refractivity contribution in [3.8, 4) is 0 Å². The Morgan fingerprint density at radius 1 is 0.513 bits per heavy atom. The first kappa shape index (κ1) is 36.9. The molecular formula is C31H60N4O4. The van der Waals surface area contributed by atoms with E-state index in [1.54, 1.807) is 13.8 Å². The smallest absolute Gasteiger partial charge is 0.243 e. The molecule has 0 aromatic heterocycles. The van der Waals surface area contributed by atoms with E-state index in [0.29, 0.717) is 12.8 Å². The van der Waals surface area contributed by atoms with Crippen molar-refractivity contribution in [2.75, 3.05) is 0 Å². The number of hydrogen-bond acceptors (Lipinski definition) is 4. The third-order valence-electron chi connectivity index (χ3n) is 7.25. The third-order valence-corrected chi connectivity index (χ3v) is 7.25. The molecule has 0 saturated heterocycles. The first-order valence-corrected chi connectivity index (χ1v) is 15.7. The molecule has 0 fully saturated rings. The van der Waals surface area contributed by atoms with Gasteiger partial charge in [-0.05, 0) is 40.0 Å². The number of unbranched alkanes of at least 4 members (excludes halogenated alkanes) is 12. The van der Waals surface area contributed by atoms with Crippen molar-refractivity contribution < 1.29 is 19.2 Å². The highest BCUT2D eigenvalue weighted by Crippen LogP contribution is 2.13. The Kier molecular flexibility index (Phi) is 21.4. The summed E-state index contributed by atoms with van der Waals surface area (Å²) in [5, 5.41) is 11.0. The van der Waals surface area contributed by atoms with Crippen LogP contribution in [0.1, 0.15) is 145 Å². The van der Waals surface area contributed by atoms with Gasteiger partial charge in [0, 0.05) is 12.5 Å². The lowest BCUT2D eigenvalue weighted by Gasteiger charge is -2.27. The summed E-state index contributed by atoms with van der Waals surface area (Å²) in [5.41, 5.74) is 0.